The Balaban J connectivity index is 2.84. The lowest BCUT2D eigenvalue weighted by Gasteiger charge is -2.30. The van der Waals surface area contributed by atoms with Crippen molar-refractivity contribution >= 4 is 23.7 Å². The van der Waals surface area contributed by atoms with Crippen molar-refractivity contribution < 1.29 is 29.4 Å². The van der Waals surface area contributed by atoms with Crippen LogP contribution in [0.2, 0.25) is 0 Å². The average molecular weight is 444 g/mol. The number of amides is 3. The average Bonchev–Trinajstić information content (AvgIpc) is 3.19. The Morgan fingerprint density at radius 3 is 2.29 bits per heavy atom. The van der Waals surface area contributed by atoms with Crippen molar-refractivity contribution in [3.8, 4) is 0 Å². The molecule has 1 rings (SSSR count). The van der Waals surface area contributed by atoms with Crippen molar-refractivity contribution in [1.29, 1.82) is 0 Å². The molecule has 1 aliphatic rings. The van der Waals surface area contributed by atoms with Gasteiger partial charge in [-0.3, -0.25) is 14.4 Å². The number of aliphatic hydroxyl groups is 1. The van der Waals surface area contributed by atoms with Gasteiger partial charge in [-0.15, -0.1) is 0 Å². The lowest BCUT2D eigenvalue weighted by atomic mass is 10.0. The smallest absolute Gasteiger partial charge is 0.326 e. The maximum absolute atomic E-state index is 12.9. The number of carboxylic acids is 1. The van der Waals surface area contributed by atoms with E-state index in [4.69, 9.17) is 11.5 Å². The first kappa shape index (κ1) is 26.8. The first-order valence-corrected chi connectivity index (χ1v) is 10.8. The van der Waals surface area contributed by atoms with Crippen LogP contribution in [0.15, 0.2) is 0 Å². The molecule has 11 nitrogen and oxygen atoms in total. The third-order valence-electron chi connectivity index (χ3n) is 5.45. The number of nitrogens with one attached hydrogen (secondary N) is 2. The Morgan fingerprint density at radius 1 is 1.13 bits per heavy atom. The molecule has 1 fully saturated rings. The van der Waals surface area contributed by atoms with Crippen molar-refractivity contribution in [3.05, 3.63) is 0 Å². The standard InChI is InChI=1S/C20H37N5O6/c1-11(2)16(18(28)23-13(20(30)31)7-4-5-9-21)24-17(27)14-8-6-10-25(14)19(29)15(22)12(3)26/h11-16,26H,4-10,21-22H2,1-3H3,(H,23,28)(H,24,27)(H,30,31). The number of aliphatic hydroxyl groups excluding tert-OH is 1. The second-order valence-electron chi connectivity index (χ2n) is 8.37. The van der Waals surface area contributed by atoms with Crippen LogP contribution >= 0.6 is 0 Å². The quantitative estimate of drug-likeness (QED) is 0.197. The molecular formula is C20H37N5O6. The van der Waals surface area contributed by atoms with Gasteiger partial charge in [-0.1, -0.05) is 13.8 Å². The van der Waals surface area contributed by atoms with E-state index in [1.54, 1.807) is 13.8 Å². The minimum Gasteiger partial charge on any atom is -0.480 e. The van der Waals surface area contributed by atoms with Crippen molar-refractivity contribution in [2.75, 3.05) is 13.1 Å². The summed E-state index contributed by atoms with van der Waals surface area (Å²) in [6.07, 6.45) is 1.38. The topological polar surface area (TPSA) is 188 Å². The van der Waals surface area contributed by atoms with Crippen LogP contribution in [0.4, 0.5) is 0 Å². The number of likely N-dealkylation sites (tertiary alicyclic amines) is 1. The second kappa shape index (κ2) is 12.6. The molecule has 31 heavy (non-hydrogen) atoms. The van der Waals surface area contributed by atoms with Crippen molar-refractivity contribution in [2.45, 2.75) is 83.1 Å². The van der Waals surface area contributed by atoms with Gasteiger partial charge in [0, 0.05) is 6.54 Å². The van der Waals surface area contributed by atoms with E-state index in [1.165, 1.54) is 11.8 Å². The zero-order valence-electron chi connectivity index (χ0n) is 18.5. The zero-order valence-corrected chi connectivity index (χ0v) is 18.5. The lowest BCUT2D eigenvalue weighted by Crippen LogP contribution is -2.58. The highest BCUT2D eigenvalue weighted by Gasteiger charge is 2.39. The molecule has 11 heteroatoms. The summed E-state index contributed by atoms with van der Waals surface area (Å²) >= 11 is 0. The van der Waals surface area contributed by atoms with E-state index in [2.05, 4.69) is 10.6 Å². The van der Waals surface area contributed by atoms with E-state index in [-0.39, 0.29) is 12.3 Å². The fourth-order valence-corrected chi connectivity index (χ4v) is 3.50. The summed E-state index contributed by atoms with van der Waals surface area (Å²) in [5, 5.41) is 24.1. The molecule has 0 aromatic carbocycles. The SMILES string of the molecule is CC(C)C(NC(=O)C1CCCN1C(=O)C(N)C(C)O)C(=O)NC(CCCCN)C(=O)O. The summed E-state index contributed by atoms with van der Waals surface area (Å²) in [6.45, 7) is 5.63. The highest BCUT2D eigenvalue weighted by molar-refractivity contribution is 5.94. The van der Waals surface area contributed by atoms with Gasteiger partial charge in [-0.25, -0.2) is 4.79 Å². The van der Waals surface area contributed by atoms with E-state index < -0.39 is 54.0 Å². The molecular weight excluding hydrogens is 406 g/mol. The van der Waals surface area contributed by atoms with Gasteiger partial charge in [-0.2, -0.15) is 0 Å². The molecule has 0 saturated carbocycles. The fraction of sp³-hybridized carbons (Fsp3) is 0.800. The minimum atomic E-state index is -1.15. The molecule has 0 aromatic heterocycles. The monoisotopic (exact) mass is 443 g/mol. The van der Waals surface area contributed by atoms with Crippen LogP contribution in [0.1, 0.15) is 52.9 Å². The highest BCUT2D eigenvalue weighted by atomic mass is 16.4. The number of nitrogens with zero attached hydrogens (tertiary/aromatic N) is 1. The number of hydrogen-bond acceptors (Lipinski definition) is 7. The number of carboxylic acid groups (broad SMARTS) is 1. The number of unbranched alkanes of at least 4 members (excludes halogenated alkanes) is 1. The largest absolute Gasteiger partial charge is 0.480 e. The molecule has 1 aliphatic heterocycles. The van der Waals surface area contributed by atoms with Crippen LogP contribution in [-0.4, -0.2) is 82.2 Å². The number of carbonyl (C=O) groups excluding carboxylic acids is 3. The van der Waals surface area contributed by atoms with Crippen molar-refractivity contribution in [2.24, 2.45) is 17.4 Å². The molecule has 0 aliphatic carbocycles. The molecule has 8 N–H and O–H groups in total. The van der Waals surface area contributed by atoms with Gasteiger partial charge < -0.3 is 37.2 Å². The van der Waals surface area contributed by atoms with E-state index in [9.17, 15) is 29.4 Å². The van der Waals surface area contributed by atoms with Crippen LogP contribution in [0, 0.1) is 5.92 Å². The number of nitrogens with two attached hydrogens (primary N) is 2. The number of aliphatic carboxylic acids is 1. The summed E-state index contributed by atoms with van der Waals surface area (Å²) in [5.41, 5.74) is 11.2. The Bertz CT molecular complexity index is 642. The first-order valence-electron chi connectivity index (χ1n) is 10.8. The molecule has 0 aromatic rings. The normalized spacial score (nSPS) is 20.1. The Kier molecular flexibility index (Phi) is 10.9. The minimum absolute atomic E-state index is 0.235. The Labute approximate surface area is 182 Å². The first-order chi connectivity index (χ1) is 14.5. The second-order valence-corrected chi connectivity index (χ2v) is 8.37. The lowest BCUT2D eigenvalue weighted by molar-refractivity contribution is -0.144. The van der Waals surface area contributed by atoms with Crippen LogP contribution < -0.4 is 22.1 Å². The predicted octanol–water partition coefficient (Wildman–Crippen LogP) is -1.48. The van der Waals surface area contributed by atoms with Gasteiger partial charge in [0.1, 0.15) is 24.2 Å². The van der Waals surface area contributed by atoms with Crippen LogP contribution in [-0.2, 0) is 19.2 Å². The summed E-state index contributed by atoms with van der Waals surface area (Å²) in [4.78, 5) is 50.9. The summed E-state index contributed by atoms with van der Waals surface area (Å²) in [6, 6.07) is -3.98. The summed E-state index contributed by atoms with van der Waals surface area (Å²) in [7, 11) is 0. The van der Waals surface area contributed by atoms with Gasteiger partial charge in [0.05, 0.1) is 6.10 Å². The molecule has 5 unspecified atom stereocenters. The van der Waals surface area contributed by atoms with E-state index in [0.717, 1.165) is 0 Å². The Morgan fingerprint density at radius 2 is 1.77 bits per heavy atom. The van der Waals surface area contributed by atoms with Gasteiger partial charge in [0.15, 0.2) is 0 Å². The third-order valence-corrected chi connectivity index (χ3v) is 5.45. The van der Waals surface area contributed by atoms with Crippen LogP contribution in [0.25, 0.3) is 0 Å². The van der Waals surface area contributed by atoms with Crippen LogP contribution in [0.5, 0.6) is 0 Å². The molecule has 1 saturated heterocycles. The predicted molar refractivity (Wildman–Crippen MR) is 114 cm³/mol. The molecule has 178 valence electrons. The van der Waals surface area contributed by atoms with Gasteiger partial charge in [0.2, 0.25) is 17.7 Å². The molecule has 3 amide bonds. The zero-order chi connectivity index (χ0) is 23.7. The maximum atomic E-state index is 12.9. The molecule has 1 heterocycles. The highest BCUT2D eigenvalue weighted by Crippen LogP contribution is 2.19. The maximum Gasteiger partial charge on any atom is 0.326 e. The summed E-state index contributed by atoms with van der Waals surface area (Å²) < 4.78 is 0. The number of hydrogen-bond donors (Lipinski definition) is 6. The molecule has 0 spiro atoms. The van der Waals surface area contributed by atoms with E-state index >= 15 is 0 Å². The van der Waals surface area contributed by atoms with E-state index in [0.29, 0.717) is 38.8 Å². The Hall–Kier alpha value is -2.24. The van der Waals surface area contributed by atoms with E-state index in [1.807, 2.05) is 0 Å². The van der Waals surface area contributed by atoms with Crippen LogP contribution in [0.3, 0.4) is 0 Å². The number of rotatable bonds is 12. The summed E-state index contributed by atoms with van der Waals surface area (Å²) in [5.74, 6) is -3.09. The third kappa shape index (κ3) is 7.75. The molecule has 5 atom stereocenters. The fourth-order valence-electron chi connectivity index (χ4n) is 3.50. The van der Waals surface area contributed by atoms with Gasteiger partial charge in [0.25, 0.3) is 0 Å². The van der Waals surface area contributed by atoms with Gasteiger partial charge >= 0.3 is 5.97 Å². The molecule has 0 radical (unpaired) electrons. The van der Waals surface area contributed by atoms with Gasteiger partial charge in [-0.05, 0) is 51.5 Å². The molecule has 0 bridgehead atoms. The number of carbonyl (C=O) groups is 4. The van der Waals surface area contributed by atoms with Crippen molar-refractivity contribution in [1.82, 2.24) is 15.5 Å². The van der Waals surface area contributed by atoms with Crippen molar-refractivity contribution in [3.63, 3.8) is 0 Å².